The number of anilines is 2. The predicted molar refractivity (Wildman–Crippen MR) is 137 cm³/mol. The summed E-state index contributed by atoms with van der Waals surface area (Å²) in [6, 6.07) is 24.3. The van der Waals surface area contributed by atoms with Crippen molar-refractivity contribution in [2.45, 2.75) is 33.6 Å². The van der Waals surface area contributed by atoms with Crippen molar-refractivity contribution >= 4 is 28.8 Å². The fourth-order valence-electron chi connectivity index (χ4n) is 3.80. The molecule has 2 amide bonds. The Labute approximate surface area is 201 Å². The molecule has 0 radical (unpaired) electrons. The Balaban J connectivity index is 1.67. The smallest absolute Gasteiger partial charge is 0.282 e. The molecular weight excluding hydrogens is 424 g/mol. The zero-order valence-electron chi connectivity index (χ0n) is 20.0. The number of rotatable bonds is 8. The van der Waals surface area contributed by atoms with E-state index in [0.717, 1.165) is 5.69 Å². The van der Waals surface area contributed by atoms with E-state index < -0.39 is 0 Å². The van der Waals surface area contributed by atoms with E-state index in [0.29, 0.717) is 41.0 Å². The molecule has 0 spiro atoms. The molecular formula is C29H30N2O3. The minimum atomic E-state index is -0.382. The van der Waals surface area contributed by atoms with Gasteiger partial charge < -0.3 is 10.1 Å². The van der Waals surface area contributed by atoms with Crippen molar-refractivity contribution in [1.29, 1.82) is 0 Å². The standard InChI is InChI=1S/C29H30N2O3/c1-19(2)18-34-25-16-14-24(15-17-25)31-28(32)26(22-8-6-5-7-9-22)27(29(31)33)30-23-12-10-21(11-13-23)20(3)4/h5-17,19-20,30H,18H2,1-4H3. The van der Waals surface area contributed by atoms with Gasteiger partial charge >= 0.3 is 0 Å². The number of nitrogens with one attached hydrogen (secondary N) is 1. The van der Waals surface area contributed by atoms with Crippen LogP contribution in [0.4, 0.5) is 11.4 Å². The van der Waals surface area contributed by atoms with Crippen molar-refractivity contribution < 1.29 is 14.3 Å². The van der Waals surface area contributed by atoms with Gasteiger partial charge in [-0.3, -0.25) is 9.59 Å². The number of hydrogen-bond acceptors (Lipinski definition) is 4. The van der Waals surface area contributed by atoms with Crippen molar-refractivity contribution in [3.05, 3.63) is 95.7 Å². The van der Waals surface area contributed by atoms with E-state index in [-0.39, 0.29) is 17.5 Å². The summed E-state index contributed by atoms with van der Waals surface area (Å²) in [4.78, 5) is 28.3. The molecule has 1 aliphatic rings. The molecule has 3 aromatic carbocycles. The highest BCUT2D eigenvalue weighted by Crippen LogP contribution is 2.34. The number of hydrogen-bond donors (Lipinski definition) is 1. The van der Waals surface area contributed by atoms with Gasteiger partial charge in [0.05, 0.1) is 17.9 Å². The second kappa shape index (κ2) is 9.96. The number of carbonyl (C=O) groups is 2. The topological polar surface area (TPSA) is 58.6 Å². The van der Waals surface area contributed by atoms with Crippen LogP contribution < -0.4 is 15.0 Å². The molecule has 0 saturated carbocycles. The molecule has 3 aromatic rings. The first kappa shape index (κ1) is 23.3. The van der Waals surface area contributed by atoms with Gasteiger partial charge in [-0.05, 0) is 59.4 Å². The highest BCUT2D eigenvalue weighted by Gasteiger charge is 2.40. The number of amides is 2. The molecule has 0 fully saturated rings. The summed E-state index contributed by atoms with van der Waals surface area (Å²) < 4.78 is 5.74. The van der Waals surface area contributed by atoms with E-state index in [4.69, 9.17) is 4.74 Å². The van der Waals surface area contributed by atoms with Gasteiger partial charge in [0, 0.05) is 5.69 Å². The minimum absolute atomic E-state index is 0.272. The third-order valence-corrected chi connectivity index (χ3v) is 5.67. The molecule has 0 bridgehead atoms. The van der Waals surface area contributed by atoms with E-state index in [9.17, 15) is 9.59 Å². The van der Waals surface area contributed by atoms with E-state index in [1.54, 1.807) is 24.3 Å². The average Bonchev–Trinajstić information content (AvgIpc) is 3.08. The predicted octanol–water partition coefficient (Wildman–Crippen LogP) is 6.24. The summed E-state index contributed by atoms with van der Waals surface area (Å²) in [5.41, 5.74) is 3.80. The van der Waals surface area contributed by atoms with Crippen molar-refractivity contribution in [1.82, 2.24) is 0 Å². The maximum atomic E-state index is 13.5. The first-order valence-corrected chi connectivity index (χ1v) is 11.6. The van der Waals surface area contributed by atoms with Gasteiger partial charge in [-0.1, -0.05) is 70.2 Å². The minimum Gasteiger partial charge on any atom is -0.493 e. The molecule has 0 aliphatic carbocycles. The molecule has 174 valence electrons. The Bertz CT molecular complexity index is 1190. The molecule has 0 aromatic heterocycles. The van der Waals surface area contributed by atoms with Gasteiger partial charge in [-0.25, -0.2) is 4.90 Å². The normalized spacial score (nSPS) is 13.9. The van der Waals surface area contributed by atoms with Crippen molar-refractivity contribution in [3.63, 3.8) is 0 Å². The van der Waals surface area contributed by atoms with Gasteiger partial charge in [-0.15, -0.1) is 0 Å². The fraction of sp³-hybridized carbons (Fsp3) is 0.241. The van der Waals surface area contributed by atoms with Gasteiger partial charge in [-0.2, -0.15) is 0 Å². The zero-order chi connectivity index (χ0) is 24.2. The van der Waals surface area contributed by atoms with Crippen molar-refractivity contribution in [2.75, 3.05) is 16.8 Å². The SMILES string of the molecule is CC(C)COc1ccc(N2C(=O)C(Nc3ccc(C(C)C)cc3)=C(c3ccccc3)C2=O)cc1. The second-order valence-electron chi connectivity index (χ2n) is 9.16. The zero-order valence-corrected chi connectivity index (χ0v) is 20.0. The van der Waals surface area contributed by atoms with E-state index in [1.807, 2.05) is 54.6 Å². The first-order valence-electron chi connectivity index (χ1n) is 11.6. The van der Waals surface area contributed by atoms with Crippen molar-refractivity contribution in [3.8, 4) is 5.75 Å². The molecule has 4 rings (SSSR count). The summed E-state index contributed by atoms with van der Waals surface area (Å²) in [7, 11) is 0. The van der Waals surface area contributed by atoms with Gasteiger partial charge in [0.1, 0.15) is 11.4 Å². The van der Waals surface area contributed by atoms with Gasteiger partial charge in [0.25, 0.3) is 11.8 Å². The molecule has 1 heterocycles. The van der Waals surface area contributed by atoms with Crippen LogP contribution in [-0.2, 0) is 9.59 Å². The van der Waals surface area contributed by atoms with E-state index in [2.05, 4.69) is 33.0 Å². The molecule has 5 nitrogen and oxygen atoms in total. The van der Waals surface area contributed by atoms with E-state index >= 15 is 0 Å². The van der Waals surface area contributed by atoms with Gasteiger partial charge in [0.2, 0.25) is 0 Å². The number of nitrogens with zero attached hydrogens (tertiary/aromatic N) is 1. The Morgan fingerprint density at radius 1 is 0.794 bits per heavy atom. The molecule has 1 N–H and O–H groups in total. The van der Waals surface area contributed by atoms with Crippen LogP contribution in [0.25, 0.3) is 5.57 Å². The summed E-state index contributed by atoms with van der Waals surface area (Å²) in [6.07, 6.45) is 0. The lowest BCUT2D eigenvalue weighted by atomic mass is 10.0. The summed E-state index contributed by atoms with van der Waals surface area (Å²) >= 11 is 0. The number of imide groups is 1. The molecule has 0 saturated heterocycles. The largest absolute Gasteiger partial charge is 0.493 e. The Hall–Kier alpha value is -3.86. The lowest BCUT2D eigenvalue weighted by Crippen LogP contribution is -2.32. The van der Waals surface area contributed by atoms with Crippen LogP contribution in [0.3, 0.4) is 0 Å². The number of ether oxygens (including phenoxy) is 1. The monoisotopic (exact) mass is 454 g/mol. The van der Waals surface area contributed by atoms with Crippen LogP contribution in [0.2, 0.25) is 0 Å². The molecule has 0 atom stereocenters. The Morgan fingerprint density at radius 2 is 1.44 bits per heavy atom. The maximum Gasteiger partial charge on any atom is 0.282 e. The third-order valence-electron chi connectivity index (χ3n) is 5.67. The van der Waals surface area contributed by atoms with Crippen LogP contribution in [0.5, 0.6) is 5.75 Å². The molecule has 5 heteroatoms. The van der Waals surface area contributed by atoms with Crippen molar-refractivity contribution in [2.24, 2.45) is 5.92 Å². The highest BCUT2D eigenvalue weighted by atomic mass is 16.5. The van der Waals surface area contributed by atoms with Gasteiger partial charge in [0.15, 0.2) is 0 Å². The summed E-state index contributed by atoms with van der Waals surface area (Å²) in [5, 5.41) is 3.22. The molecule has 0 unspecified atom stereocenters. The average molecular weight is 455 g/mol. The second-order valence-corrected chi connectivity index (χ2v) is 9.16. The van der Waals surface area contributed by atoms with Crippen LogP contribution in [-0.4, -0.2) is 18.4 Å². The lowest BCUT2D eigenvalue weighted by Gasteiger charge is -2.16. The summed E-state index contributed by atoms with van der Waals surface area (Å²) in [5.74, 6) is 0.783. The Kier molecular flexibility index (Phi) is 6.82. The molecule has 1 aliphatic heterocycles. The maximum absolute atomic E-state index is 13.5. The lowest BCUT2D eigenvalue weighted by molar-refractivity contribution is -0.120. The number of carbonyl (C=O) groups excluding carboxylic acids is 2. The quantitative estimate of drug-likeness (QED) is 0.409. The van der Waals surface area contributed by atoms with E-state index in [1.165, 1.54) is 10.5 Å². The fourth-order valence-corrected chi connectivity index (χ4v) is 3.80. The first-order chi connectivity index (χ1) is 16.3. The van der Waals surface area contributed by atoms with Crippen LogP contribution in [0, 0.1) is 5.92 Å². The third kappa shape index (κ3) is 4.88. The van der Waals surface area contributed by atoms with Crippen LogP contribution >= 0.6 is 0 Å². The van der Waals surface area contributed by atoms with Crippen LogP contribution in [0.1, 0.15) is 44.7 Å². The molecule has 34 heavy (non-hydrogen) atoms. The van der Waals surface area contributed by atoms with Crippen LogP contribution in [0.15, 0.2) is 84.6 Å². The summed E-state index contributed by atoms with van der Waals surface area (Å²) in [6.45, 7) is 9.03. The highest BCUT2D eigenvalue weighted by molar-refractivity contribution is 6.46. The number of benzene rings is 3. The Morgan fingerprint density at radius 3 is 2.03 bits per heavy atom.